The van der Waals surface area contributed by atoms with Crippen molar-refractivity contribution in [1.82, 2.24) is 9.55 Å². The third kappa shape index (κ3) is 2.11. The second-order valence-corrected chi connectivity index (χ2v) is 4.56. The number of hydrogen-bond donors (Lipinski definition) is 3. The quantitative estimate of drug-likeness (QED) is 0.637. The van der Waals surface area contributed by atoms with Crippen LogP contribution in [-0.4, -0.2) is 44.8 Å². The maximum atomic E-state index is 13.2. The fourth-order valence-electron chi connectivity index (χ4n) is 2.19. The number of rotatable bonds is 3. The minimum absolute atomic E-state index is 0.0470. The summed E-state index contributed by atoms with van der Waals surface area (Å²) in [6.45, 7) is -0.179. The highest BCUT2D eigenvalue weighted by molar-refractivity contribution is 5.26. The first-order chi connectivity index (χ1) is 9.49. The highest BCUT2D eigenvalue weighted by Gasteiger charge is 2.52. The van der Waals surface area contributed by atoms with Gasteiger partial charge in [-0.05, 0) is 13.0 Å². The molecule has 1 aliphatic heterocycles. The molecule has 0 unspecified atom stereocenters. The zero-order chi connectivity index (χ0) is 14.9. The van der Waals surface area contributed by atoms with Crippen molar-refractivity contribution >= 4 is 5.82 Å². The van der Waals surface area contributed by atoms with Crippen LogP contribution < -0.4 is 11.4 Å². The molecule has 0 aromatic carbocycles. The lowest BCUT2D eigenvalue weighted by Crippen LogP contribution is -2.45. The van der Waals surface area contributed by atoms with Gasteiger partial charge in [0.05, 0.1) is 6.61 Å². The van der Waals surface area contributed by atoms with Gasteiger partial charge >= 0.3 is 5.69 Å². The average Bonchev–Trinajstić information content (AvgIpc) is 2.71. The van der Waals surface area contributed by atoms with E-state index in [4.69, 9.17) is 10.5 Å². The Morgan fingerprint density at radius 2 is 2.40 bits per heavy atom. The minimum atomic E-state index is -1.77. The number of allylic oxidation sites excluding steroid dienone is 1. The van der Waals surface area contributed by atoms with Crippen LogP contribution in [0.5, 0.6) is 0 Å². The van der Waals surface area contributed by atoms with Gasteiger partial charge < -0.3 is 20.7 Å². The molecule has 1 aromatic rings. The number of nitrogens with zero attached hydrogens (tertiary/aromatic N) is 2. The first-order valence-electron chi connectivity index (χ1n) is 6.02. The number of ether oxygens (including phenoxy) is 1. The number of nitrogens with two attached hydrogens (primary N) is 1. The van der Waals surface area contributed by atoms with Gasteiger partial charge in [0.2, 0.25) is 0 Å². The van der Waals surface area contributed by atoms with Gasteiger partial charge in [-0.1, -0.05) is 6.08 Å². The second-order valence-electron chi connectivity index (χ2n) is 4.56. The Bertz CT molecular complexity index is 582. The molecule has 1 aromatic heterocycles. The van der Waals surface area contributed by atoms with Gasteiger partial charge in [-0.2, -0.15) is 4.98 Å². The van der Waals surface area contributed by atoms with Crippen LogP contribution in [0.15, 0.2) is 28.7 Å². The van der Waals surface area contributed by atoms with Gasteiger partial charge in [-0.3, -0.25) is 4.57 Å². The van der Waals surface area contributed by atoms with Gasteiger partial charge in [-0.15, -0.1) is 0 Å². The van der Waals surface area contributed by atoms with Crippen molar-refractivity contribution in [2.24, 2.45) is 0 Å². The Balaban J connectivity index is 2.49. The van der Waals surface area contributed by atoms with E-state index in [0.717, 1.165) is 4.57 Å². The molecule has 3 atom stereocenters. The van der Waals surface area contributed by atoms with Gasteiger partial charge in [0.15, 0.2) is 11.8 Å². The van der Waals surface area contributed by atoms with E-state index in [1.807, 2.05) is 0 Å². The summed E-state index contributed by atoms with van der Waals surface area (Å²) in [6, 6.07) is 1.39. The van der Waals surface area contributed by atoms with Crippen molar-refractivity contribution in [3.05, 3.63) is 34.4 Å². The number of aliphatic hydroxyl groups is 2. The van der Waals surface area contributed by atoms with Gasteiger partial charge in [0.1, 0.15) is 18.6 Å². The van der Waals surface area contributed by atoms with Gasteiger partial charge in [0.25, 0.3) is 0 Å². The monoisotopic (exact) mass is 285 g/mol. The molecule has 0 saturated carbocycles. The van der Waals surface area contributed by atoms with E-state index >= 15 is 0 Å². The first kappa shape index (κ1) is 14.6. The van der Waals surface area contributed by atoms with Crippen LogP contribution in [0.25, 0.3) is 0 Å². The number of aliphatic hydroxyl groups excluding tert-OH is 2. The molecule has 4 N–H and O–H groups in total. The van der Waals surface area contributed by atoms with E-state index in [2.05, 4.69) is 4.98 Å². The van der Waals surface area contributed by atoms with Crippen LogP contribution in [0.1, 0.15) is 13.2 Å². The third-order valence-electron chi connectivity index (χ3n) is 3.38. The third-order valence-corrected chi connectivity index (χ3v) is 3.38. The minimum Gasteiger partial charge on any atom is -0.393 e. The first-order valence-corrected chi connectivity index (χ1v) is 6.02. The van der Waals surface area contributed by atoms with E-state index in [9.17, 15) is 19.4 Å². The molecular weight excluding hydrogens is 269 g/mol. The Morgan fingerprint density at radius 3 is 2.90 bits per heavy atom. The highest BCUT2D eigenvalue weighted by atomic mass is 19.1. The predicted octanol–water partition coefficient (Wildman–Crippen LogP) is -0.638. The molecule has 1 saturated heterocycles. The fraction of sp³-hybridized carbons (Fsp3) is 0.500. The van der Waals surface area contributed by atoms with Crippen LogP contribution in [0.2, 0.25) is 0 Å². The maximum absolute atomic E-state index is 13.2. The molecule has 0 spiro atoms. The predicted molar refractivity (Wildman–Crippen MR) is 68.6 cm³/mol. The summed E-state index contributed by atoms with van der Waals surface area (Å²) < 4.78 is 19.7. The molecule has 7 nitrogen and oxygen atoms in total. The molecule has 0 amide bonds. The molecule has 20 heavy (non-hydrogen) atoms. The lowest BCUT2D eigenvalue weighted by molar-refractivity contribution is -0.137. The molecule has 0 aliphatic carbocycles. The largest absolute Gasteiger partial charge is 0.393 e. The van der Waals surface area contributed by atoms with Crippen LogP contribution in [0.3, 0.4) is 0 Å². The summed E-state index contributed by atoms with van der Waals surface area (Å²) in [5.41, 5.74) is 3.22. The molecule has 1 aliphatic rings. The van der Waals surface area contributed by atoms with Crippen LogP contribution >= 0.6 is 0 Å². The van der Waals surface area contributed by atoms with E-state index in [0.29, 0.717) is 0 Å². The highest BCUT2D eigenvalue weighted by Crippen LogP contribution is 2.40. The van der Waals surface area contributed by atoms with Crippen molar-refractivity contribution in [2.75, 3.05) is 19.0 Å². The Labute approximate surface area is 114 Å². The number of aromatic nitrogens is 2. The van der Waals surface area contributed by atoms with E-state index in [-0.39, 0.29) is 11.4 Å². The maximum Gasteiger partial charge on any atom is 0.351 e. The summed E-state index contributed by atoms with van der Waals surface area (Å²) >= 11 is 0. The standard InChI is InChI=1S/C12H16FN3O4/c1-2-7-9(18)12(5-13,6-17)20-10(7)16-4-3-8(14)15-11(16)19/h2-4,9-10,17-18H,5-6H2,1H3,(H2,14,15,19)/b7-2+/t9-,10+,12+/m0/s1. The molecule has 2 rings (SSSR count). The zero-order valence-electron chi connectivity index (χ0n) is 10.9. The Morgan fingerprint density at radius 1 is 1.70 bits per heavy atom. The van der Waals surface area contributed by atoms with Crippen molar-refractivity contribution in [1.29, 1.82) is 0 Å². The van der Waals surface area contributed by atoms with Crippen LogP contribution in [0.4, 0.5) is 10.2 Å². The molecule has 110 valence electrons. The average molecular weight is 285 g/mol. The number of anilines is 1. The normalized spacial score (nSPS) is 31.9. The van der Waals surface area contributed by atoms with Crippen molar-refractivity contribution < 1.29 is 19.3 Å². The molecule has 8 heteroatoms. The zero-order valence-corrected chi connectivity index (χ0v) is 10.9. The summed E-state index contributed by atoms with van der Waals surface area (Å²) in [5.74, 6) is 0.0470. The molecule has 0 radical (unpaired) electrons. The number of nitrogen functional groups attached to an aromatic ring is 1. The molecular formula is C12H16FN3O4. The summed E-state index contributed by atoms with van der Waals surface area (Å²) in [7, 11) is 0. The fourth-order valence-corrected chi connectivity index (χ4v) is 2.19. The van der Waals surface area contributed by atoms with E-state index in [1.165, 1.54) is 18.3 Å². The number of alkyl halides is 1. The van der Waals surface area contributed by atoms with Crippen molar-refractivity contribution in [2.45, 2.75) is 24.9 Å². The number of hydrogen-bond acceptors (Lipinski definition) is 6. The lowest BCUT2D eigenvalue weighted by atomic mass is 9.95. The van der Waals surface area contributed by atoms with Crippen LogP contribution in [0, 0.1) is 0 Å². The van der Waals surface area contributed by atoms with Gasteiger partial charge in [0, 0.05) is 11.8 Å². The summed E-state index contributed by atoms with van der Waals surface area (Å²) in [5, 5.41) is 19.4. The second kappa shape index (κ2) is 5.31. The van der Waals surface area contributed by atoms with Crippen molar-refractivity contribution in [3.8, 4) is 0 Å². The smallest absolute Gasteiger partial charge is 0.351 e. The van der Waals surface area contributed by atoms with Gasteiger partial charge in [-0.25, -0.2) is 9.18 Å². The Kier molecular flexibility index (Phi) is 3.89. The summed E-state index contributed by atoms with van der Waals surface area (Å²) in [6.07, 6.45) is 0.484. The SMILES string of the molecule is C/C=C1/[C@H](n2ccc(N)nc2=O)O[C@@](CO)(CF)[C@H]1O. The molecule has 0 bridgehead atoms. The topological polar surface area (TPSA) is 111 Å². The Hall–Kier alpha value is -1.77. The van der Waals surface area contributed by atoms with Crippen molar-refractivity contribution in [3.63, 3.8) is 0 Å². The molecule has 2 heterocycles. The molecule has 1 fully saturated rings. The summed E-state index contributed by atoms with van der Waals surface area (Å²) in [4.78, 5) is 15.4. The number of halogens is 1. The van der Waals surface area contributed by atoms with E-state index in [1.54, 1.807) is 6.92 Å². The van der Waals surface area contributed by atoms with E-state index < -0.39 is 36.9 Å². The lowest BCUT2D eigenvalue weighted by Gasteiger charge is -2.26. The van der Waals surface area contributed by atoms with Crippen LogP contribution in [-0.2, 0) is 4.74 Å².